The summed E-state index contributed by atoms with van der Waals surface area (Å²) in [5, 5.41) is 0. The fourth-order valence-corrected chi connectivity index (χ4v) is 8.08. The summed E-state index contributed by atoms with van der Waals surface area (Å²) >= 11 is 0. The summed E-state index contributed by atoms with van der Waals surface area (Å²) in [7, 11) is 0. The summed E-state index contributed by atoms with van der Waals surface area (Å²) in [6.07, 6.45) is 58.8. The van der Waals surface area contributed by atoms with Crippen LogP contribution in [-0.2, 0) is 28.6 Å². The molecule has 0 rings (SSSR count). The van der Waals surface area contributed by atoms with E-state index in [2.05, 4.69) is 45.1 Å². The molecule has 1 atom stereocenters. The summed E-state index contributed by atoms with van der Waals surface area (Å²) in [5.74, 6) is -0.885. The highest BCUT2D eigenvalue weighted by Crippen LogP contribution is 2.16. The molecule has 364 valence electrons. The molecule has 0 bridgehead atoms. The molecule has 0 aliphatic carbocycles. The highest BCUT2D eigenvalue weighted by Gasteiger charge is 2.19. The Morgan fingerprint density at radius 2 is 0.565 bits per heavy atom. The Kier molecular flexibility index (Phi) is 49.8. The number of carbonyl (C=O) groups excluding carboxylic acids is 3. The van der Waals surface area contributed by atoms with Crippen LogP contribution in [0.1, 0.15) is 297 Å². The predicted octanol–water partition coefficient (Wildman–Crippen LogP) is 17.9. The standard InChI is InChI=1S/C56H104O6/c1-4-7-10-13-16-19-22-25-27-29-31-34-37-40-43-46-49-55(58)61-52-53(51-60-54(57)48-45-42-39-36-33-24-21-18-15-12-9-6-3)62-56(59)50-47-44-41-38-35-32-30-28-26-23-20-17-14-11-8-5-2/h27,29,31,34,53H,4-26,28,30,32-33,35-52H2,1-3H3/b29-27-,34-31-. The number of hydrogen-bond acceptors (Lipinski definition) is 6. The molecule has 0 aliphatic rings. The zero-order valence-corrected chi connectivity index (χ0v) is 41.7. The molecule has 0 saturated carbocycles. The Labute approximate surface area is 385 Å². The number of allylic oxidation sites excluding steroid dienone is 4. The minimum Gasteiger partial charge on any atom is -0.462 e. The second-order valence-corrected chi connectivity index (χ2v) is 18.5. The van der Waals surface area contributed by atoms with Gasteiger partial charge >= 0.3 is 17.9 Å². The van der Waals surface area contributed by atoms with Crippen molar-refractivity contribution in [2.24, 2.45) is 0 Å². The molecule has 0 spiro atoms. The van der Waals surface area contributed by atoms with Crippen molar-refractivity contribution in [3.05, 3.63) is 24.3 Å². The van der Waals surface area contributed by atoms with Crippen molar-refractivity contribution < 1.29 is 28.6 Å². The predicted molar refractivity (Wildman–Crippen MR) is 266 cm³/mol. The van der Waals surface area contributed by atoms with Crippen molar-refractivity contribution in [1.29, 1.82) is 0 Å². The molecule has 0 amide bonds. The Bertz CT molecular complexity index is 1000. The highest BCUT2D eigenvalue weighted by molar-refractivity contribution is 5.71. The number of unbranched alkanes of at least 4 members (excludes halogenated alkanes) is 36. The normalized spacial score (nSPS) is 12.1. The molecule has 0 aromatic carbocycles. The molecule has 0 saturated heterocycles. The van der Waals surface area contributed by atoms with E-state index in [1.807, 2.05) is 0 Å². The summed E-state index contributed by atoms with van der Waals surface area (Å²) in [5.41, 5.74) is 0. The van der Waals surface area contributed by atoms with Crippen LogP contribution in [0.4, 0.5) is 0 Å². The summed E-state index contributed by atoms with van der Waals surface area (Å²) in [6.45, 7) is 6.65. The molecular formula is C56H104O6. The van der Waals surface area contributed by atoms with Gasteiger partial charge < -0.3 is 14.2 Å². The van der Waals surface area contributed by atoms with E-state index in [9.17, 15) is 14.4 Å². The van der Waals surface area contributed by atoms with Crippen molar-refractivity contribution in [2.75, 3.05) is 13.2 Å². The van der Waals surface area contributed by atoms with Crippen LogP contribution in [0.3, 0.4) is 0 Å². The maximum atomic E-state index is 12.8. The summed E-state index contributed by atoms with van der Waals surface area (Å²) < 4.78 is 16.8. The molecule has 6 nitrogen and oxygen atoms in total. The third kappa shape index (κ3) is 48.9. The van der Waals surface area contributed by atoms with Crippen LogP contribution in [0, 0.1) is 0 Å². The monoisotopic (exact) mass is 873 g/mol. The second-order valence-electron chi connectivity index (χ2n) is 18.5. The molecule has 62 heavy (non-hydrogen) atoms. The Balaban J connectivity index is 4.36. The lowest BCUT2D eigenvalue weighted by Crippen LogP contribution is -2.30. The minimum absolute atomic E-state index is 0.0745. The van der Waals surface area contributed by atoms with Crippen LogP contribution >= 0.6 is 0 Å². The first-order valence-corrected chi connectivity index (χ1v) is 27.4. The van der Waals surface area contributed by atoms with Gasteiger partial charge in [-0.1, -0.05) is 257 Å². The molecule has 0 aliphatic heterocycles. The van der Waals surface area contributed by atoms with E-state index < -0.39 is 6.10 Å². The van der Waals surface area contributed by atoms with Crippen molar-refractivity contribution in [3.63, 3.8) is 0 Å². The van der Waals surface area contributed by atoms with Gasteiger partial charge in [0.25, 0.3) is 0 Å². The number of rotatable bonds is 50. The SMILES string of the molecule is CCCCCCCCC/C=C\C=C/CCCCCC(=O)OCC(COC(=O)CCCCCCCCCCCCCC)OC(=O)CCCCCCCCCCCCCCCCCC. The zero-order valence-electron chi connectivity index (χ0n) is 41.7. The summed E-state index contributed by atoms with van der Waals surface area (Å²) in [4.78, 5) is 38.0. The molecule has 0 aromatic heterocycles. The Morgan fingerprint density at radius 1 is 0.323 bits per heavy atom. The molecule has 0 N–H and O–H groups in total. The van der Waals surface area contributed by atoms with Gasteiger partial charge in [0.2, 0.25) is 0 Å². The molecule has 0 aromatic rings. The van der Waals surface area contributed by atoms with E-state index in [1.54, 1.807) is 0 Å². The van der Waals surface area contributed by atoms with Crippen molar-refractivity contribution >= 4 is 17.9 Å². The quantitative estimate of drug-likeness (QED) is 0.0262. The van der Waals surface area contributed by atoms with E-state index in [0.29, 0.717) is 19.3 Å². The van der Waals surface area contributed by atoms with Crippen molar-refractivity contribution in [2.45, 2.75) is 303 Å². The van der Waals surface area contributed by atoms with Crippen molar-refractivity contribution in [3.8, 4) is 0 Å². The average Bonchev–Trinajstić information content (AvgIpc) is 3.27. The number of carbonyl (C=O) groups is 3. The largest absolute Gasteiger partial charge is 0.462 e. The number of ether oxygens (including phenoxy) is 3. The molecular weight excluding hydrogens is 769 g/mol. The van der Waals surface area contributed by atoms with Crippen LogP contribution in [-0.4, -0.2) is 37.2 Å². The Hall–Kier alpha value is -2.11. The van der Waals surface area contributed by atoms with Gasteiger partial charge in [-0.2, -0.15) is 0 Å². The van der Waals surface area contributed by atoms with Gasteiger partial charge in [0, 0.05) is 19.3 Å². The van der Waals surface area contributed by atoms with Crippen LogP contribution in [0.15, 0.2) is 24.3 Å². The molecule has 0 heterocycles. The van der Waals surface area contributed by atoms with Gasteiger partial charge in [-0.05, 0) is 44.9 Å². The average molecular weight is 873 g/mol. The molecule has 1 unspecified atom stereocenters. The fraction of sp³-hybridized carbons (Fsp3) is 0.875. The lowest BCUT2D eigenvalue weighted by atomic mass is 10.0. The molecule has 0 fully saturated rings. The third-order valence-electron chi connectivity index (χ3n) is 12.2. The van der Waals surface area contributed by atoms with Crippen LogP contribution < -0.4 is 0 Å². The maximum Gasteiger partial charge on any atom is 0.306 e. The lowest BCUT2D eigenvalue weighted by Gasteiger charge is -2.18. The molecule has 6 heteroatoms. The number of hydrogen-bond donors (Lipinski definition) is 0. The Morgan fingerprint density at radius 3 is 0.871 bits per heavy atom. The van der Waals surface area contributed by atoms with E-state index in [1.165, 1.54) is 186 Å². The lowest BCUT2D eigenvalue weighted by molar-refractivity contribution is -0.167. The second kappa shape index (κ2) is 51.5. The first kappa shape index (κ1) is 59.9. The van der Waals surface area contributed by atoms with E-state index in [0.717, 1.165) is 70.6 Å². The van der Waals surface area contributed by atoms with Crippen LogP contribution in [0.25, 0.3) is 0 Å². The minimum atomic E-state index is -0.776. The zero-order chi connectivity index (χ0) is 45.1. The maximum absolute atomic E-state index is 12.8. The van der Waals surface area contributed by atoms with Gasteiger partial charge in [0.15, 0.2) is 6.10 Å². The van der Waals surface area contributed by atoms with Crippen molar-refractivity contribution in [1.82, 2.24) is 0 Å². The van der Waals surface area contributed by atoms with Crippen LogP contribution in [0.5, 0.6) is 0 Å². The number of esters is 3. The van der Waals surface area contributed by atoms with E-state index in [4.69, 9.17) is 14.2 Å². The van der Waals surface area contributed by atoms with E-state index in [-0.39, 0.29) is 31.1 Å². The van der Waals surface area contributed by atoms with Gasteiger partial charge in [0.1, 0.15) is 13.2 Å². The third-order valence-corrected chi connectivity index (χ3v) is 12.2. The van der Waals surface area contributed by atoms with Crippen LogP contribution in [0.2, 0.25) is 0 Å². The van der Waals surface area contributed by atoms with Gasteiger partial charge in [0.05, 0.1) is 0 Å². The topological polar surface area (TPSA) is 78.9 Å². The first-order valence-electron chi connectivity index (χ1n) is 27.4. The highest BCUT2D eigenvalue weighted by atomic mass is 16.6. The van der Waals surface area contributed by atoms with Gasteiger partial charge in [-0.15, -0.1) is 0 Å². The van der Waals surface area contributed by atoms with Gasteiger partial charge in [-0.3, -0.25) is 14.4 Å². The molecule has 0 radical (unpaired) electrons. The van der Waals surface area contributed by atoms with Gasteiger partial charge in [-0.25, -0.2) is 0 Å². The summed E-state index contributed by atoms with van der Waals surface area (Å²) in [6, 6.07) is 0. The fourth-order valence-electron chi connectivity index (χ4n) is 8.08. The smallest absolute Gasteiger partial charge is 0.306 e. The van der Waals surface area contributed by atoms with E-state index >= 15 is 0 Å². The first-order chi connectivity index (χ1) is 30.5.